The highest BCUT2D eigenvalue weighted by Crippen LogP contribution is 2.33. The Kier molecular flexibility index (Phi) is 6.87. The quantitative estimate of drug-likeness (QED) is 0.171. The Balaban J connectivity index is 1.55. The molecule has 0 unspecified atom stereocenters. The second kappa shape index (κ2) is 10.2. The number of pyridine rings is 1. The number of aryl methyl sites for hydroxylation is 2. The fraction of sp³-hybridized carbons (Fsp3) is 0.167. The second-order valence-corrected chi connectivity index (χ2v) is 10.2. The monoisotopic (exact) mass is 586 g/mol. The van der Waals surface area contributed by atoms with Crippen LogP contribution in [0, 0.1) is 3.57 Å². The van der Waals surface area contributed by atoms with E-state index in [0.29, 0.717) is 18.7 Å². The Morgan fingerprint density at radius 1 is 1.00 bits per heavy atom. The number of amides is 1. The predicted molar refractivity (Wildman–Crippen MR) is 157 cm³/mol. The van der Waals surface area contributed by atoms with Crippen molar-refractivity contribution in [3.05, 3.63) is 98.8 Å². The minimum Gasteiger partial charge on any atom is -0.350 e. The Hall–Kier alpha value is -3.52. The van der Waals surface area contributed by atoms with Gasteiger partial charge in [-0.05, 0) is 82.8 Å². The van der Waals surface area contributed by atoms with Gasteiger partial charge in [0.25, 0.3) is 5.91 Å². The fourth-order valence-corrected chi connectivity index (χ4v) is 5.03. The van der Waals surface area contributed by atoms with Crippen molar-refractivity contribution in [1.29, 1.82) is 0 Å². The van der Waals surface area contributed by atoms with Crippen molar-refractivity contribution in [3.63, 3.8) is 0 Å². The van der Waals surface area contributed by atoms with Crippen LogP contribution in [0.4, 0.5) is 0 Å². The van der Waals surface area contributed by atoms with Gasteiger partial charge in [0.1, 0.15) is 0 Å². The summed E-state index contributed by atoms with van der Waals surface area (Å²) in [6.07, 6.45) is 3.07. The van der Waals surface area contributed by atoms with Gasteiger partial charge in [0.05, 0.1) is 23.3 Å². The van der Waals surface area contributed by atoms with Crippen LogP contribution in [0.25, 0.3) is 33.1 Å². The van der Waals surface area contributed by atoms with Crippen molar-refractivity contribution in [2.45, 2.75) is 26.4 Å². The maximum Gasteiger partial charge on any atom is 0.252 e. The number of rotatable bonds is 7. The number of aromatic nitrogens is 2. The summed E-state index contributed by atoms with van der Waals surface area (Å²) in [4.78, 5) is 22.4. The lowest BCUT2D eigenvalue weighted by Crippen LogP contribution is -2.23. The molecule has 0 atom stereocenters. The van der Waals surface area contributed by atoms with E-state index in [1.54, 1.807) is 0 Å². The predicted octanol–water partition coefficient (Wildman–Crippen LogP) is 6.69. The molecule has 0 radical (unpaired) electrons. The van der Waals surface area contributed by atoms with E-state index >= 15 is 0 Å². The van der Waals surface area contributed by atoms with Gasteiger partial charge in [0, 0.05) is 45.2 Å². The molecule has 0 aliphatic rings. The number of fused-ring (bicyclic) bond motifs is 2. The number of benzene rings is 3. The number of carbonyl (C=O) groups is 1. The van der Waals surface area contributed by atoms with E-state index in [4.69, 9.17) is 4.98 Å². The highest BCUT2D eigenvalue weighted by atomic mass is 127. The molecule has 1 amide bonds. The average Bonchev–Trinajstić information content (AvgIpc) is 3.23. The summed E-state index contributed by atoms with van der Waals surface area (Å²) in [7, 11) is 2.05. The zero-order valence-electron chi connectivity index (χ0n) is 20.4. The van der Waals surface area contributed by atoms with Crippen molar-refractivity contribution in [2.75, 3.05) is 0 Å². The first kappa shape index (κ1) is 24.2. The van der Waals surface area contributed by atoms with Crippen molar-refractivity contribution in [3.8, 4) is 11.3 Å². The molecule has 0 bridgehead atoms. The highest BCUT2D eigenvalue weighted by molar-refractivity contribution is 14.1. The molecule has 3 aromatic carbocycles. The Bertz CT molecular complexity index is 1600. The van der Waals surface area contributed by atoms with E-state index in [0.717, 1.165) is 54.2 Å². The van der Waals surface area contributed by atoms with Crippen LogP contribution in [-0.2, 0) is 26.6 Å². The summed E-state index contributed by atoms with van der Waals surface area (Å²) in [6.45, 7) is 6.73. The maximum atomic E-state index is 13.5. The minimum atomic E-state index is -0.115. The summed E-state index contributed by atoms with van der Waals surface area (Å²) in [5.74, 6) is -0.115. The largest absolute Gasteiger partial charge is 0.350 e. The molecular weight excluding hydrogens is 559 g/mol. The molecule has 5 rings (SSSR count). The number of halogens is 1. The molecule has 5 aromatic rings. The summed E-state index contributed by atoms with van der Waals surface area (Å²) in [6, 6.07) is 22.6. The van der Waals surface area contributed by atoms with Crippen molar-refractivity contribution in [1.82, 2.24) is 14.9 Å². The van der Waals surface area contributed by atoms with Gasteiger partial charge < -0.3 is 9.88 Å². The van der Waals surface area contributed by atoms with E-state index < -0.39 is 0 Å². The number of carbonyl (C=O) groups excluding carboxylic acids is 1. The van der Waals surface area contributed by atoms with Crippen LogP contribution in [0.15, 0.2) is 77.9 Å². The smallest absolute Gasteiger partial charge is 0.252 e. The lowest BCUT2D eigenvalue weighted by atomic mass is 10.0. The van der Waals surface area contributed by atoms with Crippen LogP contribution < -0.4 is 5.32 Å². The number of aliphatic imine (C=N–C) groups is 1. The molecule has 36 heavy (non-hydrogen) atoms. The SMILES string of the molecule is C=NCc1ccc(CNC(=O)c2cc(-c3cn(C)c4ccc(CC)cc34)nc3cc(I)ccc23)cc1. The zero-order chi connectivity index (χ0) is 25.2. The molecular formula is C30H27IN4O. The first-order valence-corrected chi connectivity index (χ1v) is 13.0. The van der Waals surface area contributed by atoms with Crippen LogP contribution in [-0.4, -0.2) is 22.2 Å². The number of nitrogens with zero attached hydrogens (tertiary/aromatic N) is 3. The van der Waals surface area contributed by atoms with E-state index in [1.807, 2.05) is 55.6 Å². The Labute approximate surface area is 224 Å². The molecule has 0 spiro atoms. The third kappa shape index (κ3) is 4.78. The van der Waals surface area contributed by atoms with Crippen LogP contribution in [0.1, 0.15) is 34.0 Å². The first-order chi connectivity index (χ1) is 17.5. The van der Waals surface area contributed by atoms with Crippen LogP contribution in [0.5, 0.6) is 0 Å². The molecule has 1 N–H and O–H groups in total. The summed E-state index contributed by atoms with van der Waals surface area (Å²) in [5.41, 5.74) is 7.83. The molecule has 0 fully saturated rings. The van der Waals surface area contributed by atoms with E-state index in [9.17, 15) is 4.79 Å². The Morgan fingerprint density at radius 2 is 1.75 bits per heavy atom. The number of hydrogen-bond donors (Lipinski definition) is 1. The summed E-state index contributed by atoms with van der Waals surface area (Å²) >= 11 is 2.29. The van der Waals surface area contributed by atoms with Crippen molar-refractivity contribution >= 4 is 57.0 Å². The normalized spacial score (nSPS) is 11.2. The molecule has 2 aromatic heterocycles. The van der Waals surface area contributed by atoms with Crippen molar-refractivity contribution < 1.29 is 4.79 Å². The van der Waals surface area contributed by atoms with Gasteiger partial charge in [-0.25, -0.2) is 4.98 Å². The molecule has 0 aliphatic carbocycles. The van der Waals surface area contributed by atoms with E-state index in [2.05, 4.69) is 75.5 Å². The fourth-order valence-electron chi connectivity index (χ4n) is 4.56. The molecule has 5 nitrogen and oxygen atoms in total. The average molecular weight is 586 g/mol. The molecule has 2 heterocycles. The Morgan fingerprint density at radius 3 is 2.50 bits per heavy atom. The number of nitrogens with one attached hydrogen (secondary N) is 1. The van der Waals surface area contributed by atoms with Gasteiger partial charge >= 0.3 is 0 Å². The van der Waals surface area contributed by atoms with Gasteiger partial charge in [0.15, 0.2) is 0 Å². The second-order valence-electron chi connectivity index (χ2n) is 8.96. The van der Waals surface area contributed by atoms with E-state index in [-0.39, 0.29) is 5.91 Å². The zero-order valence-corrected chi connectivity index (χ0v) is 22.5. The lowest BCUT2D eigenvalue weighted by Gasteiger charge is -2.11. The summed E-state index contributed by atoms with van der Waals surface area (Å²) < 4.78 is 3.20. The van der Waals surface area contributed by atoms with E-state index in [1.165, 1.54) is 5.56 Å². The van der Waals surface area contributed by atoms with Crippen LogP contribution in [0.3, 0.4) is 0 Å². The van der Waals surface area contributed by atoms with Gasteiger partial charge in [-0.3, -0.25) is 9.79 Å². The minimum absolute atomic E-state index is 0.115. The molecule has 0 saturated heterocycles. The van der Waals surface area contributed by atoms with Crippen molar-refractivity contribution in [2.24, 2.45) is 12.0 Å². The third-order valence-corrected chi connectivity index (χ3v) is 7.20. The van der Waals surface area contributed by atoms with Gasteiger partial charge in [-0.15, -0.1) is 0 Å². The first-order valence-electron chi connectivity index (χ1n) is 11.9. The van der Waals surface area contributed by atoms with Gasteiger partial charge in [-0.2, -0.15) is 0 Å². The molecule has 0 aliphatic heterocycles. The standard InChI is InChI=1S/C30H27IN4O/c1-4-19-9-12-29-24(13-19)26(18-35(29)3)28-15-25(23-11-10-22(31)14-27(23)34-28)30(36)33-17-21-7-5-20(6-8-21)16-32-2/h5-15,18H,2,4,16-17H2,1,3H3,(H,33,36). The number of hydrogen-bond acceptors (Lipinski definition) is 3. The molecule has 0 saturated carbocycles. The molecule has 180 valence electrons. The lowest BCUT2D eigenvalue weighted by molar-refractivity contribution is 0.0952. The summed E-state index contributed by atoms with van der Waals surface area (Å²) in [5, 5.41) is 5.10. The third-order valence-electron chi connectivity index (χ3n) is 6.53. The van der Waals surface area contributed by atoms with Crippen LogP contribution >= 0.6 is 22.6 Å². The van der Waals surface area contributed by atoms with Crippen LogP contribution in [0.2, 0.25) is 0 Å². The maximum absolute atomic E-state index is 13.5. The van der Waals surface area contributed by atoms with Gasteiger partial charge in [0.2, 0.25) is 0 Å². The molecule has 6 heteroatoms. The van der Waals surface area contributed by atoms with Gasteiger partial charge in [-0.1, -0.05) is 43.3 Å². The highest BCUT2D eigenvalue weighted by Gasteiger charge is 2.17. The topological polar surface area (TPSA) is 59.3 Å².